The molecule has 0 aliphatic heterocycles. The minimum atomic E-state index is -4.44. The van der Waals surface area contributed by atoms with Gasteiger partial charge in [-0.2, -0.15) is 13.2 Å². The summed E-state index contributed by atoms with van der Waals surface area (Å²) in [6, 6.07) is 10.1. The van der Waals surface area contributed by atoms with Crippen LogP contribution in [0.4, 0.5) is 13.2 Å². The van der Waals surface area contributed by atoms with Gasteiger partial charge in [-0.1, -0.05) is 39.7 Å². The van der Waals surface area contributed by atoms with Gasteiger partial charge in [-0.3, -0.25) is 0 Å². The largest absolute Gasteiger partial charge is 0.416 e. The van der Waals surface area contributed by atoms with Crippen molar-refractivity contribution in [2.24, 2.45) is 0 Å². The van der Waals surface area contributed by atoms with E-state index in [2.05, 4.69) is 15.9 Å². The van der Waals surface area contributed by atoms with Gasteiger partial charge in [-0.05, 0) is 41.5 Å². The van der Waals surface area contributed by atoms with Crippen molar-refractivity contribution in [2.75, 3.05) is 0 Å². The van der Waals surface area contributed by atoms with Gasteiger partial charge >= 0.3 is 6.18 Å². The van der Waals surface area contributed by atoms with Crippen molar-refractivity contribution in [3.63, 3.8) is 0 Å². The maximum Gasteiger partial charge on any atom is 0.416 e. The molecule has 0 amide bonds. The molecular formula is C15H11BrClF3O. The fourth-order valence-electron chi connectivity index (χ4n) is 1.97. The molecule has 0 aromatic heterocycles. The Hall–Kier alpha value is -1.04. The van der Waals surface area contributed by atoms with E-state index in [4.69, 9.17) is 11.6 Å². The lowest BCUT2D eigenvalue weighted by molar-refractivity contribution is -0.137. The van der Waals surface area contributed by atoms with Crippen LogP contribution in [0.3, 0.4) is 0 Å². The zero-order valence-electron chi connectivity index (χ0n) is 10.7. The monoisotopic (exact) mass is 378 g/mol. The molecular weight excluding hydrogens is 369 g/mol. The molecule has 2 rings (SSSR count). The highest BCUT2D eigenvalue weighted by Crippen LogP contribution is 2.34. The third kappa shape index (κ3) is 4.22. The lowest BCUT2D eigenvalue weighted by atomic mass is 9.99. The average molecular weight is 380 g/mol. The molecule has 0 radical (unpaired) electrons. The smallest absolute Gasteiger partial charge is 0.388 e. The predicted molar refractivity (Wildman–Crippen MR) is 79.3 cm³/mol. The van der Waals surface area contributed by atoms with Crippen LogP contribution in [-0.2, 0) is 12.6 Å². The molecule has 2 aromatic carbocycles. The Morgan fingerprint density at radius 2 is 1.86 bits per heavy atom. The molecule has 0 aliphatic carbocycles. The van der Waals surface area contributed by atoms with Crippen LogP contribution < -0.4 is 0 Å². The molecule has 21 heavy (non-hydrogen) atoms. The first kappa shape index (κ1) is 16.3. The Morgan fingerprint density at radius 1 is 1.14 bits per heavy atom. The fraction of sp³-hybridized carbons (Fsp3) is 0.200. The van der Waals surface area contributed by atoms with Gasteiger partial charge in [-0.25, -0.2) is 0 Å². The number of aliphatic hydroxyl groups excluding tert-OH is 1. The van der Waals surface area contributed by atoms with E-state index in [1.54, 1.807) is 24.3 Å². The van der Waals surface area contributed by atoms with Crippen LogP contribution in [0.5, 0.6) is 0 Å². The highest BCUT2D eigenvalue weighted by molar-refractivity contribution is 9.10. The maximum absolute atomic E-state index is 12.7. The van der Waals surface area contributed by atoms with Gasteiger partial charge in [0, 0.05) is 15.9 Å². The summed E-state index contributed by atoms with van der Waals surface area (Å²) in [7, 11) is 0. The SMILES string of the molecule is OC(Cc1cccc(Cl)c1)c1cc(C(F)(F)F)ccc1Br. The molecule has 0 fully saturated rings. The van der Waals surface area contributed by atoms with Gasteiger partial charge in [0.1, 0.15) is 0 Å². The van der Waals surface area contributed by atoms with E-state index in [0.29, 0.717) is 9.50 Å². The zero-order chi connectivity index (χ0) is 15.6. The summed E-state index contributed by atoms with van der Waals surface area (Å²) in [6.07, 6.45) is -5.31. The first-order valence-electron chi connectivity index (χ1n) is 6.06. The molecule has 6 heteroatoms. The van der Waals surface area contributed by atoms with Crippen molar-refractivity contribution in [2.45, 2.75) is 18.7 Å². The number of halogens is 5. The summed E-state index contributed by atoms with van der Waals surface area (Å²) in [5.41, 5.74) is 0.162. The summed E-state index contributed by atoms with van der Waals surface area (Å²) < 4.78 is 38.6. The van der Waals surface area contributed by atoms with Crippen LogP contribution in [0.15, 0.2) is 46.9 Å². The van der Waals surface area contributed by atoms with Crippen LogP contribution >= 0.6 is 27.5 Å². The van der Waals surface area contributed by atoms with Crippen LogP contribution in [0.2, 0.25) is 5.02 Å². The number of hydrogen-bond acceptors (Lipinski definition) is 1. The summed E-state index contributed by atoms with van der Waals surface area (Å²) in [5.74, 6) is 0. The van der Waals surface area contributed by atoms with Gasteiger partial charge in [-0.15, -0.1) is 0 Å². The first-order valence-corrected chi connectivity index (χ1v) is 7.23. The Kier molecular flexibility index (Phi) is 4.96. The lowest BCUT2D eigenvalue weighted by Crippen LogP contribution is -2.09. The summed E-state index contributed by atoms with van der Waals surface area (Å²) >= 11 is 9.02. The van der Waals surface area contributed by atoms with Crippen molar-refractivity contribution in [1.29, 1.82) is 0 Å². The molecule has 112 valence electrons. The number of alkyl halides is 3. The van der Waals surface area contributed by atoms with E-state index in [9.17, 15) is 18.3 Å². The summed E-state index contributed by atoms with van der Waals surface area (Å²) in [4.78, 5) is 0. The molecule has 0 saturated heterocycles. The lowest BCUT2D eigenvalue weighted by Gasteiger charge is -2.16. The van der Waals surface area contributed by atoms with Crippen molar-refractivity contribution in [3.05, 3.63) is 68.7 Å². The molecule has 0 bridgehead atoms. The van der Waals surface area contributed by atoms with E-state index in [1.165, 1.54) is 6.07 Å². The van der Waals surface area contributed by atoms with E-state index in [1.807, 2.05) is 0 Å². The number of hydrogen-bond donors (Lipinski definition) is 1. The Labute approximate surface area is 133 Å². The van der Waals surface area contributed by atoms with E-state index >= 15 is 0 Å². The van der Waals surface area contributed by atoms with E-state index < -0.39 is 17.8 Å². The fourth-order valence-corrected chi connectivity index (χ4v) is 2.70. The molecule has 0 saturated carbocycles. The second kappa shape index (κ2) is 6.38. The Bertz CT molecular complexity index is 643. The summed E-state index contributed by atoms with van der Waals surface area (Å²) in [5, 5.41) is 10.7. The molecule has 1 atom stereocenters. The molecule has 0 aliphatic rings. The minimum absolute atomic E-state index is 0.181. The normalized spacial score (nSPS) is 13.2. The van der Waals surface area contributed by atoms with Crippen LogP contribution in [0, 0.1) is 0 Å². The first-order chi connectivity index (χ1) is 9.77. The predicted octanol–water partition coefficient (Wildman–Crippen LogP) is 5.40. The maximum atomic E-state index is 12.7. The second-order valence-electron chi connectivity index (χ2n) is 4.58. The van der Waals surface area contributed by atoms with Gasteiger partial charge in [0.05, 0.1) is 11.7 Å². The average Bonchev–Trinajstić information content (AvgIpc) is 2.37. The van der Waals surface area contributed by atoms with Gasteiger partial charge < -0.3 is 5.11 Å². The van der Waals surface area contributed by atoms with Gasteiger partial charge in [0.15, 0.2) is 0 Å². The van der Waals surface area contributed by atoms with E-state index in [0.717, 1.165) is 17.7 Å². The molecule has 0 spiro atoms. The van der Waals surface area contributed by atoms with Gasteiger partial charge in [0.2, 0.25) is 0 Å². The number of aliphatic hydroxyl groups is 1. The topological polar surface area (TPSA) is 20.2 Å². The third-order valence-electron chi connectivity index (χ3n) is 3.00. The highest BCUT2D eigenvalue weighted by atomic mass is 79.9. The van der Waals surface area contributed by atoms with Crippen LogP contribution in [-0.4, -0.2) is 5.11 Å². The van der Waals surface area contributed by atoms with Crippen molar-refractivity contribution in [1.82, 2.24) is 0 Å². The van der Waals surface area contributed by atoms with Crippen molar-refractivity contribution < 1.29 is 18.3 Å². The molecule has 1 nitrogen and oxygen atoms in total. The molecule has 1 N–H and O–H groups in total. The second-order valence-corrected chi connectivity index (χ2v) is 5.87. The standard InChI is InChI=1S/C15H11BrClF3O/c16-13-5-4-10(15(18,19)20)8-12(13)14(21)7-9-2-1-3-11(17)6-9/h1-6,8,14,21H,7H2. The number of benzene rings is 2. The summed E-state index contributed by atoms with van der Waals surface area (Å²) in [6.45, 7) is 0. The van der Waals surface area contributed by atoms with Crippen molar-refractivity contribution in [3.8, 4) is 0 Å². The van der Waals surface area contributed by atoms with Gasteiger partial charge in [0.25, 0.3) is 0 Å². The quantitative estimate of drug-likeness (QED) is 0.757. The third-order valence-corrected chi connectivity index (χ3v) is 3.96. The molecule has 1 unspecified atom stereocenters. The van der Waals surface area contributed by atoms with Crippen molar-refractivity contribution >= 4 is 27.5 Å². The Morgan fingerprint density at radius 3 is 2.48 bits per heavy atom. The highest BCUT2D eigenvalue weighted by Gasteiger charge is 2.31. The van der Waals surface area contributed by atoms with Crippen LogP contribution in [0.25, 0.3) is 0 Å². The minimum Gasteiger partial charge on any atom is -0.388 e. The number of rotatable bonds is 3. The Balaban J connectivity index is 2.28. The van der Waals surface area contributed by atoms with E-state index in [-0.39, 0.29) is 12.0 Å². The van der Waals surface area contributed by atoms with Crippen LogP contribution in [0.1, 0.15) is 22.8 Å². The molecule has 0 heterocycles. The zero-order valence-corrected chi connectivity index (χ0v) is 13.0. The molecule has 2 aromatic rings.